The van der Waals surface area contributed by atoms with Crippen molar-refractivity contribution in [3.05, 3.63) is 82.0 Å². The Hall–Kier alpha value is -2.95. The average Bonchev–Trinajstić information content (AvgIpc) is 2.65. The van der Waals surface area contributed by atoms with Crippen LogP contribution in [0, 0.1) is 0 Å². The maximum atomic E-state index is 12.6. The fraction of sp³-hybridized carbons (Fsp3) is 0.280. The lowest BCUT2D eigenvalue weighted by Gasteiger charge is -2.08. The molecule has 2 N–H and O–H groups in total. The summed E-state index contributed by atoms with van der Waals surface area (Å²) >= 11 is 0. The van der Waals surface area contributed by atoms with Crippen LogP contribution in [0.4, 0.5) is 13.2 Å². The molecular weight excluding hydrogens is 389 g/mol. The Morgan fingerprint density at radius 3 is 1.97 bits per heavy atom. The molecule has 0 radical (unpaired) electrons. The van der Waals surface area contributed by atoms with Crippen LogP contribution in [-0.4, -0.2) is 10.2 Å². The quantitative estimate of drug-likeness (QED) is 0.362. The van der Waals surface area contributed by atoms with Crippen molar-refractivity contribution >= 4 is 12.2 Å². The minimum Gasteiger partial charge on any atom is -0.507 e. The Balaban J connectivity index is 2.08. The molecule has 0 atom stereocenters. The molecule has 2 rings (SSSR count). The summed E-state index contributed by atoms with van der Waals surface area (Å²) in [5, 5.41) is 20.6. The van der Waals surface area contributed by atoms with Crippen molar-refractivity contribution in [2.45, 2.75) is 46.2 Å². The summed E-state index contributed by atoms with van der Waals surface area (Å²) in [6.07, 6.45) is 5.34. The number of hydrogen-bond acceptors (Lipinski definition) is 2. The van der Waals surface area contributed by atoms with Crippen LogP contribution < -0.4 is 0 Å². The molecule has 0 amide bonds. The van der Waals surface area contributed by atoms with Gasteiger partial charge in [-0.3, -0.25) is 0 Å². The second-order valence-electron chi connectivity index (χ2n) is 7.57. The van der Waals surface area contributed by atoms with E-state index in [0.717, 1.165) is 25.0 Å². The Bertz CT molecular complexity index is 922. The second kappa shape index (κ2) is 10.2. The van der Waals surface area contributed by atoms with Crippen LogP contribution in [0.1, 0.15) is 55.9 Å². The molecule has 0 aromatic heterocycles. The van der Waals surface area contributed by atoms with Crippen LogP contribution in [-0.2, 0) is 12.6 Å². The SMILES string of the molecule is CC(C)=CCCC(C)=CCc1c(O)cc(C=Cc2ccc(C(F)(F)F)cc2)cc1O. The number of aromatic hydroxyl groups is 2. The largest absolute Gasteiger partial charge is 0.507 e. The lowest BCUT2D eigenvalue weighted by molar-refractivity contribution is -0.137. The molecule has 0 aliphatic heterocycles. The van der Waals surface area contributed by atoms with Crippen molar-refractivity contribution in [3.8, 4) is 11.5 Å². The highest BCUT2D eigenvalue weighted by Crippen LogP contribution is 2.32. The smallest absolute Gasteiger partial charge is 0.416 e. The summed E-state index contributed by atoms with van der Waals surface area (Å²) < 4.78 is 37.9. The normalized spacial score (nSPS) is 12.4. The molecule has 0 bridgehead atoms. The molecule has 0 spiro atoms. The van der Waals surface area contributed by atoms with Gasteiger partial charge in [0.15, 0.2) is 0 Å². The monoisotopic (exact) mass is 416 g/mol. The Labute approximate surface area is 175 Å². The topological polar surface area (TPSA) is 40.5 Å². The fourth-order valence-electron chi connectivity index (χ4n) is 2.91. The van der Waals surface area contributed by atoms with Gasteiger partial charge in [-0.25, -0.2) is 0 Å². The molecule has 0 aliphatic rings. The van der Waals surface area contributed by atoms with Crippen molar-refractivity contribution in [1.82, 2.24) is 0 Å². The van der Waals surface area contributed by atoms with Crippen molar-refractivity contribution in [2.24, 2.45) is 0 Å². The van der Waals surface area contributed by atoms with Gasteiger partial charge in [0.05, 0.1) is 5.56 Å². The highest BCUT2D eigenvalue weighted by atomic mass is 19.4. The predicted octanol–water partition coefficient (Wildman–Crippen LogP) is 7.52. The molecule has 0 heterocycles. The lowest BCUT2D eigenvalue weighted by Crippen LogP contribution is -2.03. The number of phenols is 2. The third-order valence-electron chi connectivity index (χ3n) is 4.68. The second-order valence-corrected chi connectivity index (χ2v) is 7.57. The van der Waals surface area contributed by atoms with Gasteiger partial charge in [-0.1, -0.05) is 47.6 Å². The van der Waals surface area contributed by atoms with E-state index in [1.54, 1.807) is 12.2 Å². The van der Waals surface area contributed by atoms with Gasteiger partial charge in [0.2, 0.25) is 0 Å². The molecule has 0 fully saturated rings. The van der Waals surface area contributed by atoms with E-state index < -0.39 is 11.7 Å². The number of halogens is 3. The van der Waals surface area contributed by atoms with Gasteiger partial charge in [-0.15, -0.1) is 0 Å². The number of alkyl halides is 3. The van der Waals surface area contributed by atoms with Gasteiger partial charge in [-0.2, -0.15) is 13.2 Å². The predicted molar refractivity (Wildman–Crippen MR) is 116 cm³/mol. The molecule has 30 heavy (non-hydrogen) atoms. The first kappa shape index (κ1) is 23.3. The van der Waals surface area contributed by atoms with Gasteiger partial charge in [0.1, 0.15) is 11.5 Å². The first-order chi connectivity index (χ1) is 14.1. The first-order valence-corrected chi connectivity index (χ1v) is 9.75. The molecule has 2 aromatic carbocycles. The van der Waals surface area contributed by atoms with E-state index in [1.807, 2.05) is 13.0 Å². The molecule has 0 saturated heterocycles. The van der Waals surface area contributed by atoms with Gasteiger partial charge >= 0.3 is 6.18 Å². The first-order valence-electron chi connectivity index (χ1n) is 9.75. The van der Waals surface area contributed by atoms with E-state index in [1.165, 1.54) is 35.4 Å². The fourth-order valence-corrected chi connectivity index (χ4v) is 2.91. The molecular formula is C25H27F3O2. The average molecular weight is 416 g/mol. The maximum absolute atomic E-state index is 12.6. The highest BCUT2D eigenvalue weighted by Gasteiger charge is 2.29. The Morgan fingerprint density at radius 2 is 1.43 bits per heavy atom. The van der Waals surface area contributed by atoms with Crippen LogP contribution in [0.25, 0.3) is 12.2 Å². The third kappa shape index (κ3) is 7.14. The molecule has 2 aromatic rings. The number of phenolic OH excluding ortho intramolecular Hbond substituents is 2. The van der Waals surface area contributed by atoms with Crippen LogP contribution in [0.3, 0.4) is 0 Å². The van der Waals surface area contributed by atoms with Gasteiger partial charge < -0.3 is 10.2 Å². The molecule has 0 aliphatic carbocycles. The zero-order valence-electron chi connectivity index (χ0n) is 17.4. The van der Waals surface area contributed by atoms with E-state index in [-0.39, 0.29) is 11.5 Å². The summed E-state index contributed by atoms with van der Waals surface area (Å²) in [6.45, 7) is 6.14. The Kier molecular flexibility index (Phi) is 7.93. The maximum Gasteiger partial charge on any atom is 0.416 e. The summed E-state index contributed by atoms with van der Waals surface area (Å²) in [5.41, 5.74) is 3.33. The van der Waals surface area contributed by atoms with Crippen LogP contribution in [0.5, 0.6) is 11.5 Å². The van der Waals surface area contributed by atoms with Gasteiger partial charge in [0.25, 0.3) is 0 Å². The lowest BCUT2D eigenvalue weighted by atomic mass is 10.0. The zero-order chi connectivity index (χ0) is 22.3. The van der Waals surface area contributed by atoms with Gasteiger partial charge in [-0.05, 0) is 75.4 Å². The molecule has 0 saturated carbocycles. The van der Waals surface area contributed by atoms with E-state index in [2.05, 4.69) is 19.9 Å². The number of benzene rings is 2. The van der Waals surface area contributed by atoms with Crippen molar-refractivity contribution < 1.29 is 23.4 Å². The van der Waals surface area contributed by atoms with Gasteiger partial charge in [0, 0.05) is 5.56 Å². The summed E-state index contributed by atoms with van der Waals surface area (Å²) in [4.78, 5) is 0. The number of allylic oxidation sites excluding steroid dienone is 4. The third-order valence-corrected chi connectivity index (χ3v) is 4.68. The summed E-state index contributed by atoms with van der Waals surface area (Å²) in [5.74, 6) is -0.0363. The molecule has 160 valence electrons. The summed E-state index contributed by atoms with van der Waals surface area (Å²) in [6, 6.07) is 7.84. The Morgan fingerprint density at radius 1 is 0.867 bits per heavy atom. The van der Waals surface area contributed by atoms with E-state index in [9.17, 15) is 23.4 Å². The van der Waals surface area contributed by atoms with Crippen molar-refractivity contribution in [2.75, 3.05) is 0 Å². The van der Waals surface area contributed by atoms with Crippen LogP contribution >= 0.6 is 0 Å². The van der Waals surface area contributed by atoms with E-state index in [4.69, 9.17) is 0 Å². The minimum atomic E-state index is -4.37. The van der Waals surface area contributed by atoms with Crippen LogP contribution in [0.15, 0.2) is 59.7 Å². The van der Waals surface area contributed by atoms with E-state index >= 15 is 0 Å². The number of rotatable bonds is 7. The zero-order valence-corrected chi connectivity index (χ0v) is 17.4. The minimum absolute atomic E-state index is 0.0181. The highest BCUT2D eigenvalue weighted by molar-refractivity contribution is 5.71. The molecule has 2 nitrogen and oxygen atoms in total. The molecule has 0 unspecified atom stereocenters. The summed E-state index contributed by atoms with van der Waals surface area (Å²) in [7, 11) is 0. The van der Waals surface area contributed by atoms with E-state index in [0.29, 0.717) is 23.1 Å². The standard InChI is InChI=1S/C25H27F3O2/c1-17(2)5-4-6-18(3)7-14-22-23(29)15-20(16-24(22)30)9-8-19-10-12-21(13-11-19)25(26,27)28/h5,7-13,15-16,29-30H,4,6,14H2,1-3H3. The van der Waals surface area contributed by atoms with Crippen molar-refractivity contribution in [1.29, 1.82) is 0 Å². The molecule has 5 heteroatoms. The number of hydrogen-bond donors (Lipinski definition) is 2. The van der Waals surface area contributed by atoms with Crippen molar-refractivity contribution in [3.63, 3.8) is 0 Å². The van der Waals surface area contributed by atoms with Crippen LogP contribution in [0.2, 0.25) is 0 Å².